The minimum atomic E-state index is 0.135. The number of aryl methyl sites for hydroxylation is 2. The molecule has 0 aliphatic heterocycles. The molecule has 0 fully saturated rings. The van der Waals surface area contributed by atoms with E-state index in [1.807, 2.05) is 13.0 Å². The molecule has 0 bridgehead atoms. The Balaban J connectivity index is 3.15. The molecule has 2 N–H and O–H groups in total. The third kappa shape index (κ3) is 2.23. The van der Waals surface area contributed by atoms with Gasteiger partial charge < -0.3 is 5.73 Å². The van der Waals surface area contributed by atoms with Crippen LogP contribution in [0, 0.1) is 13.8 Å². The van der Waals surface area contributed by atoms with Crippen LogP contribution < -0.4 is 5.73 Å². The van der Waals surface area contributed by atoms with Crippen LogP contribution in [-0.4, -0.2) is 0 Å². The van der Waals surface area contributed by atoms with Crippen LogP contribution >= 0.6 is 11.6 Å². The van der Waals surface area contributed by atoms with Gasteiger partial charge in [-0.15, -0.1) is 0 Å². The number of hydrogen-bond acceptors (Lipinski definition) is 1. The van der Waals surface area contributed by atoms with E-state index in [9.17, 15) is 0 Å². The summed E-state index contributed by atoms with van der Waals surface area (Å²) in [5.74, 6) is 0. The van der Waals surface area contributed by atoms with Crippen molar-refractivity contribution in [2.75, 3.05) is 0 Å². The molecule has 0 heterocycles. The normalized spacial score (nSPS) is 13.0. The maximum Gasteiger partial charge on any atom is 0.0438 e. The van der Waals surface area contributed by atoms with Gasteiger partial charge in [0.25, 0.3) is 0 Å². The Morgan fingerprint density at radius 3 is 2.46 bits per heavy atom. The highest BCUT2D eigenvalue weighted by Crippen LogP contribution is 2.25. The maximum atomic E-state index is 5.99. The van der Waals surface area contributed by atoms with Crippen LogP contribution in [0.4, 0.5) is 0 Å². The molecule has 0 saturated heterocycles. The summed E-state index contributed by atoms with van der Waals surface area (Å²) in [5.41, 5.74) is 9.47. The van der Waals surface area contributed by atoms with Gasteiger partial charge in [0.1, 0.15) is 0 Å². The second-order valence-electron chi connectivity index (χ2n) is 3.47. The lowest BCUT2D eigenvalue weighted by Gasteiger charge is -2.14. The molecule has 1 rings (SSSR count). The van der Waals surface area contributed by atoms with Gasteiger partial charge in [-0.25, -0.2) is 0 Å². The van der Waals surface area contributed by atoms with Gasteiger partial charge >= 0.3 is 0 Å². The van der Waals surface area contributed by atoms with Crippen LogP contribution in [0.1, 0.15) is 36.1 Å². The molecule has 1 atom stereocenters. The molecule has 0 spiro atoms. The number of halogens is 1. The minimum absolute atomic E-state index is 0.135. The topological polar surface area (TPSA) is 26.0 Å². The largest absolute Gasteiger partial charge is 0.324 e. The van der Waals surface area contributed by atoms with Crippen molar-refractivity contribution >= 4 is 11.6 Å². The van der Waals surface area contributed by atoms with Gasteiger partial charge in [-0.05, 0) is 43.0 Å². The third-order valence-corrected chi connectivity index (χ3v) is 2.79. The van der Waals surface area contributed by atoms with Crippen molar-refractivity contribution < 1.29 is 0 Å². The van der Waals surface area contributed by atoms with E-state index in [0.717, 1.165) is 17.0 Å². The standard InChI is InChI=1S/C11H16ClN/c1-4-11(13)9-5-8(3)10(12)6-7(9)2/h5-6,11H,4,13H2,1-3H3. The Morgan fingerprint density at radius 1 is 1.31 bits per heavy atom. The quantitative estimate of drug-likeness (QED) is 0.773. The molecule has 1 unspecified atom stereocenters. The summed E-state index contributed by atoms with van der Waals surface area (Å²) in [7, 11) is 0. The zero-order valence-electron chi connectivity index (χ0n) is 8.39. The summed E-state index contributed by atoms with van der Waals surface area (Å²) < 4.78 is 0. The minimum Gasteiger partial charge on any atom is -0.324 e. The third-order valence-electron chi connectivity index (χ3n) is 2.39. The Labute approximate surface area is 84.9 Å². The molecule has 1 aromatic rings. The highest BCUT2D eigenvalue weighted by Gasteiger charge is 2.08. The Bertz CT molecular complexity index is 307. The first-order valence-corrected chi connectivity index (χ1v) is 4.96. The number of nitrogens with two attached hydrogens (primary N) is 1. The van der Waals surface area contributed by atoms with E-state index in [-0.39, 0.29) is 6.04 Å². The molecular weight excluding hydrogens is 182 g/mol. The predicted molar refractivity (Wildman–Crippen MR) is 58.1 cm³/mol. The van der Waals surface area contributed by atoms with Gasteiger partial charge in [0.15, 0.2) is 0 Å². The van der Waals surface area contributed by atoms with Gasteiger partial charge in [0.2, 0.25) is 0 Å². The lowest BCUT2D eigenvalue weighted by molar-refractivity contribution is 0.693. The van der Waals surface area contributed by atoms with Crippen molar-refractivity contribution in [3.05, 3.63) is 33.8 Å². The van der Waals surface area contributed by atoms with E-state index in [4.69, 9.17) is 17.3 Å². The molecular formula is C11H16ClN. The lowest BCUT2D eigenvalue weighted by atomic mass is 9.98. The van der Waals surface area contributed by atoms with Crippen LogP contribution in [-0.2, 0) is 0 Å². The van der Waals surface area contributed by atoms with Gasteiger partial charge in [-0.3, -0.25) is 0 Å². The van der Waals surface area contributed by atoms with Gasteiger partial charge in [0.05, 0.1) is 0 Å². The average Bonchev–Trinajstić information content (AvgIpc) is 2.10. The molecule has 1 nitrogen and oxygen atoms in total. The first kappa shape index (κ1) is 10.6. The van der Waals surface area contributed by atoms with Crippen LogP contribution in [0.2, 0.25) is 5.02 Å². The highest BCUT2D eigenvalue weighted by molar-refractivity contribution is 6.31. The zero-order valence-corrected chi connectivity index (χ0v) is 9.15. The molecule has 0 aliphatic rings. The van der Waals surface area contributed by atoms with E-state index in [1.54, 1.807) is 0 Å². The summed E-state index contributed by atoms with van der Waals surface area (Å²) in [4.78, 5) is 0. The van der Waals surface area contributed by atoms with Crippen molar-refractivity contribution in [2.45, 2.75) is 33.2 Å². The van der Waals surface area contributed by atoms with Crippen molar-refractivity contribution in [1.29, 1.82) is 0 Å². The van der Waals surface area contributed by atoms with E-state index < -0.39 is 0 Å². The monoisotopic (exact) mass is 197 g/mol. The molecule has 72 valence electrons. The van der Waals surface area contributed by atoms with E-state index in [1.165, 1.54) is 11.1 Å². The fourth-order valence-corrected chi connectivity index (χ4v) is 1.64. The lowest BCUT2D eigenvalue weighted by Crippen LogP contribution is -2.10. The van der Waals surface area contributed by atoms with Crippen LogP contribution in [0.15, 0.2) is 12.1 Å². The summed E-state index contributed by atoms with van der Waals surface area (Å²) >= 11 is 5.99. The Kier molecular flexibility index (Phi) is 3.34. The number of benzene rings is 1. The van der Waals surface area contributed by atoms with Crippen LogP contribution in [0.3, 0.4) is 0 Å². The smallest absolute Gasteiger partial charge is 0.0438 e. The van der Waals surface area contributed by atoms with E-state index in [0.29, 0.717) is 0 Å². The van der Waals surface area contributed by atoms with Gasteiger partial charge in [-0.1, -0.05) is 24.6 Å². The summed E-state index contributed by atoms with van der Waals surface area (Å²) in [5, 5.41) is 0.824. The Hall–Kier alpha value is -0.530. The van der Waals surface area contributed by atoms with Crippen LogP contribution in [0.5, 0.6) is 0 Å². The first-order valence-electron chi connectivity index (χ1n) is 4.58. The average molecular weight is 198 g/mol. The number of rotatable bonds is 2. The predicted octanol–water partition coefficient (Wildman–Crippen LogP) is 3.37. The van der Waals surface area contributed by atoms with E-state index >= 15 is 0 Å². The first-order chi connectivity index (χ1) is 6.06. The summed E-state index contributed by atoms with van der Waals surface area (Å²) in [6.07, 6.45) is 0.960. The van der Waals surface area contributed by atoms with Crippen LogP contribution in [0.25, 0.3) is 0 Å². The fourth-order valence-electron chi connectivity index (χ4n) is 1.42. The molecule has 2 heteroatoms. The zero-order chi connectivity index (χ0) is 10.0. The SMILES string of the molecule is CCC(N)c1cc(C)c(Cl)cc1C. The molecule has 0 amide bonds. The van der Waals surface area contributed by atoms with Gasteiger partial charge in [-0.2, -0.15) is 0 Å². The molecule has 0 aliphatic carbocycles. The summed E-state index contributed by atoms with van der Waals surface area (Å²) in [6, 6.07) is 4.21. The van der Waals surface area contributed by atoms with Gasteiger partial charge in [0, 0.05) is 11.1 Å². The summed E-state index contributed by atoms with van der Waals surface area (Å²) in [6.45, 7) is 6.15. The second-order valence-corrected chi connectivity index (χ2v) is 3.88. The van der Waals surface area contributed by atoms with Crippen molar-refractivity contribution in [2.24, 2.45) is 5.73 Å². The highest BCUT2D eigenvalue weighted by atomic mass is 35.5. The molecule has 1 aromatic carbocycles. The Morgan fingerprint density at radius 2 is 1.92 bits per heavy atom. The molecule has 0 aromatic heterocycles. The molecule has 13 heavy (non-hydrogen) atoms. The van der Waals surface area contributed by atoms with Crippen molar-refractivity contribution in [3.8, 4) is 0 Å². The van der Waals surface area contributed by atoms with E-state index in [2.05, 4.69) is 19.9 Å². The van der Waals surface area contributed by atoms with Crippen molar-refractivity contribution in [3.63, 3.8) is 0 Å². The molecule has 0 saturated carbocycles. The number of hydrogen-bond donors (Lipinski definition) is 1. The maximum absolute atomic E-state index is 5.99. The second kappa shape index (κ2) is 4.12. The van der Waals surface area contributed by atoms with Crippen molar-refractivity contribution in [1.82, 2.24) is 0 Å². The molecule has 0 radical (unpaired) electrons. The fraction of sp³-hybridized carbons (Fsp3) is 0.455.